The number of nitrogen functional groups attached to an aromatic ring is 1. The molecule has 56 heavy (non-hydrogen) atoms. The molecule has 3 aromatic rings. The van der Waals surface area contributed by atoms with Gasteiger partial charge in [-0.3, -0.25) is 19.4 Å². The van der Waals surface area contributed by atoms with Crippen LogP contribution in [0.2, 0.25) is 0 Å². The number of benzene rings is 1. The number of nitrogens with two attached hydrogens (primary N) is 3. The molecule has 0 aliphatic rings. The van der Waals surface area contributed by atoms with E-state index in [9.17, 15) is 45.6 Å². The number of esters is 2. The number of nitrogens with one attached hydrogen (secondary N) is 3. The summed E-state index contributed by atoms with van der Waals surface area (Å²) in [6.45, 7) is 1.43. The van der Waals surface area contributed by atoms with Crippen molar-refractivity contribution < 1.29 is 64.4 Å². The molecular weight excluding hydrogens is 843 g/mol. The van der Waals surface area contributed by atoms with E-state index in [1.54, 1.807) is 0 Å². The van der Waals surface area contributed by atoms with Crippen LogP contribution in [-0.2, 0) is 63.8 Å². The molecule has 0 fully saturated rings. The van der Waals surface area contributed by atoms with Gasteiger partial charge in [0.05, 0.1) is 29.9 Å². The zero-order valence-electron chi connectivity index (χ0n) is 34.1. The van der Waals surface area contributed by atoms with Crippen LogP contribution in [0.4, 0.5) is 11.6 Å². The molecule has 1 aromatic carbocycles. The summed E-state index contributed by atoms with van der Waals surface area (Å²) in [5, 5.41) is 5.38. The van der Waals surface area contributed by atoms with Crippen molar-refractivity contribution in [1.29, 1.82) is 0 Å². The molecule has 1 amide bonds. The molecule has 0 saturated carbocycles. The van der Waals surface area contributed by atoms with Crippen molar-refractivity contribution >= 4 is 148 Å². The summed E-state index contributed by atoms with van der Waals surface area (Å²) in [5.41, 5.74) is 16.2. The summed E-state index contributed by atoms with van der Waals surface area (Å²) in [6.07, 6.45) is -3.31. The van der Waals surface area contributed by atoms with Crippen molar-refractivity contribution in [2.75, 3.05) is 35.6 Å². The van der Waals surface area contributed by atoms with Crippen LogP contribution in [0.15, 0.2) is 35.3 Å². The van der Waals surface area contributed by atoms with Crippen LogP contribution in [0.25, 0.3) is 11.2 Å². The van der Waals surface area contributed by atoms with Crippen molar-refractivity contribution in [2.24, 2.45) is 11.5 Å². The average molecular weight is 884 g/mol. The molecule has 302 valence electrons. The first kappa shape index (κ1) is 50.7. The second-order valence-electron chi connectivity index (χ2n) is 11.1. The van der Waals surface area contributed by atoms with Gasteiger partial charge in [0, 0.05) is 30.8 Å². The maximum atomic E-state index is 13.2. The molecule has 0 spiro atoms. The van der Waals surface area contributed by atoms with Gasteiger partial charge in [0.25, 0.3) is 11.5 Å². The maximum absolute atomic E-state index is 13.2. The number of aromatic amines is 1. The minimum atomic E-state index is -4.39. The van der Waals surface area contributed by atoms with Gasteiger partial charge in [0.2, 0.25) is 5.95 Å². The molecule has 2 unspecified atom stereocenters. The van der Waals surface area contributed by atoms with Crippen molar-refractivity contribution in [3.05, 3.63) is 52.1 Å². The number of anilines is 2. The minimum Gasteiger partial charge on any atom is -1.00 e. The van der Waals surface area contributed by atoms with Gasteiger partial charge in [-0.2, -0.15) is 21.8 Å². The van der Waals surface area contributed by atoms with Crippen LogP contribution in [0.5, 0.6) is 0 Å². The maximum Gasteiger partial charge on any atom is 2.00 e. The first-order valence-electron chi connectivity index (χ1n) is 15.7. The zero-order chi connectivity index (χ0) is 40.2. The topological polar surface area (TPSA) is 364 Å². The summed E-state index contributed by atoms with van der Waals surface area (Å²) in [5.74, 6) is -7.65. The molecule has 23 nitrogen and oxygen atoms in total. The van der Waals surface area contributed by atoms with Gasteiger partial charge < -0.3 is 51.4 Å². The van der Waals surface area contributed by atoms with Crippen LogP contribution < -0.4 is 33.4 Å². The fourth-order valence-electron chi connectivity index (χ4n) is 4.11. The third-order valence-electron chi connectivity index (χ3n) is 6.75. The third-order valence-corrected chi connectivity index (χ3v) is 9.06. The Morgan fingerprint density at radius 1 is 0.857 bits per heavy atom. The number of ether oxygens (including phenoxy) is 2. The number of rotatable bonds is 19. The number of amides is 1. The van der Waals surface area contributed by atoms with Crippen molar-refractivity contribution in [3.63, 3.8) is 0 Å². The fourth-order valence-corrected chi connectivity index (χ4v) is 5.62. The number of fused-ring (bicyclic) bond motifs is 1. The van der Waals surface area contributed by atoms with Crippen molar-refractivity contribution in [1.82, 2.24) is 25.3 Å². The third kappa shape index (κ3) is 16.3. The Bertz CT molecular complexity index is 2180. The molecule has 0 bridgehead atoms. The molecule has 0 radical (unpaired) electrons. The molecule has 3 atom stereocenters. The molecular formula is C29H41Ca2N9O14S2. The normalized spacial score (nSPS) is 12.7. The number of carbonyl (C=O) groups excluding carboxylic acids is 5. The summed E-state index contributed by atoms with van der Waals surface area (Å²) in [4.78, 5) is 89.8. The van der Waals surface area contributed by atoms with E-state index in [-0.39, 0.29) is 123 Å². The van der Waals surface area contributed by atoms with Gasteiger partial charge in [0.15, 0.2) is 23.4 Å². The summed E-state index contributed by atoms with van der Waals surface area (Å²) < 4.78 is 65.6. The smallest absolute Gasteiger partial charge is 1.00 e. The van der Waals surface area contributed by atoms with E-state index in [1.165, 1.54) is 30.5 Å². The molecule has 0 aliphatic heterocycles. The van der Waals surface area contributed by atoms with E-state index in [1.807, 2.05) is 0 Å². The predicted molar refractivity (Wildman–Crippen MR) is 202 cm³/mol. The van der Waals surface area contributed by atoms with E-state index >= 15 is 0 Å². The Morgan fingerprint density at radius 3 is 1.96 bits per heavy atom. The van der Waals surface area contributed by atoms with E-state index in [2.05, 4.69) is 38.9 Å². The summed E-state index contributed by atoms with van der Waals surface area (Å²) >= 11 is 0. The first-order valence-corrected chi connectivity index (χ1v) is 18.9. The molecule has 9 N–H and O–H groups in total. The quantitative estimate of drug-likeness (QED) is 0.0397. The first-order chi connectivity index (χ1) is 25.3. The van der Waals surface area contributed by atoms with E-state index in [0.717, 1.165) is 13.8 Å². The molecule has 27 heteroatoms. The standard InChI is InChI=1S/C29H37N9O14S2.2Ca.4H/c1-15(26(42)51-53(45,46)11-9-30)49-21(39)8-7-20(28(44)50-16(2)27(43)52-54(47,48)12-10-31)36-24(40)17-3-5-18(6-4-17)33-13-19-14-34-23-22(35-19)25(41)38-29(32)37-23;;;;;;/h3-6,14-16,20,33H,7-13,30-31H2,1-2H3,(H,36,40)(H3,32,34,37,38,41);;;;;;/q;2*+2;4*-1/t15?,16?,20-;;;;;;/m0....../s1. The van der Waals surface area contributed by atoms with Gasteiger partial charge in [-0.15, -0.1) is 0 Å². The number of aromatic nitrogens is 4. The Hall–Kier alpha value is -3.27. The fraction of sp³-hybridized carbons (Fsp3) is 0.414. The van der Waals surface area contributed by atoms with E-state index < -0.39 is 98.2 Å². The van der Waals surface area contributed by atoms with Gasteiger partial charge in [0.1, 0.15) is 6.04 Å². The number of nitrogens with zero attached hydrogens (tertiary/aromatic N) is 3. The number of hydrogen-bond acceptors (Lipinski definition) is 21. The number of H-pyrrole nitrogens is 1. The second kappa shape index (κ2) is 23.2. The predicted octanol–water partition coefficient (Wildman–Crippen LogP) is -3.00. The monoisotopic (exact) mass is 883 g/mol. The Morgan fingerprint density at radius 2 is 1.41 bits per heavy atom. The minimum absolute atomic E-state index is 0. The molecule has 0 aliphatic carbocycles. The molecule has 2 heterocycles. The van der Waals surface area contributed by atoms with E-state index in [0.29, 0.717) is 11.4 Å². The Kier molecular flexibility index (Phi) is 21.0. The van der Waals surface area contributed by atoms with Crippen LogP contribution >= 0.6 is 0 Å². The summed E-state index contributed by atoms with van der Waals surface area (Å²) in [7, 11) is -8.72. The summed E-state index contributed by atoms with van der Waals surface area (Å²) in [6, 6.07) is 4.07. The van der Waals surface area contributed by atoms with Crippen LogP contribution in [0.3, 0.4) is 0 Å². The Balaban J connectivity index is -0.00000261. The van der Waals surface area contributed by atoms with E-state index in [4.69, 9.17) is 26.7 Å². The van der Waals surface area contributed by atoms with Crippen LogP contribution in [0.1, 0.15) is 48.4 Å². The van der Waals surface area contributed by atoms with Gasteiger partial charge in [-0.1, -0.05) is 0 Å². The second-order valence-corrected chi connectivity index (χ2v) is 14.5. The zero-order valence-corrected chi connectivity index (χ0v) is 36.1. The van der Waals surface area contributed by atoms with Crippen molar-refractivity contribution in [3.8, 4) is 0 Å². The Labute approximate surface area is 385 Å². The van der Waals surface area contributed by atoms with Crippen molar-refractivity contribution in [2.45, 2.75) is 51.5 Å². The largest absolute Gasteiger partial charge is 2.00 e. The molecule has 3 rings (SSSR count). The van der Waals surface area contributed by atoms with Gasteiger partial charge >= 0.3 is 120 Å². The average Bonchev–Trinajstić information content (AvgIpc) is 3.08. The van der Waals surface area contributed by atoms with Gasteiger partial charge in [-0.25, -0.2) is 24.4 Å². The molecule has 2 aromatic heterocycles. The van der Waals surface area contributed by atoms with Crippen LogP contribution in [0, 0.1) is 0 Å². The molecule has 0 saturated heterocycles. The van der Waals surface area contributed by atoms with Gasteiger partial charge in [-0.05, 0) is 44.5 Å². The number of hydrogen-bond donors (Lipinski definition) is 6. The van der Waals surface area contributed by atoms with Crippen LogP contribution in [-0.4, -0.2) is 185 Å². The number of carbonyl (C=O) groups is 5. The SMILES string of the molecule is CC(OC(=O)CC[C@H](NC(=O)c1ccc(NCc2cnc3nc(N)[nH]c(=O)c3n2)cc1)C(=O)OC(C)C(=O)OS(=O)(=O)CCN)C(=O)OS(=O)(=O)CCN.[Ca+2].[Ca+2].[H-].[H-].[H-].[H-].